The van der Waals surface area contributed by atoms with Crippen LogP contribution in [-0.2, 0) is 9.53 Å². The molecule has 0 spiro atoms. The van der Waals surface area contributed by atoms with E-state index in [2.05, 4.69) is 6.58 Å². The largest absolute Gasteiger partial charge is 0.545 e. The van der Waals surface area contributed by atoms with Crippen LogP contribution < -0.4 is 5.11 Å². The summed E-state index contributed by atoms with van der Waals surface area (Å²) < 4.78 is 4.96. The maximum absolute atomic E-state index is 10.1. The zero-order valence-corrected chi connectivity index (χ0v) is 6.34. The highest BCUT2D eigenvalue weighted by molar-refractivity contribution is 5.83. The van der Waals surface area contributed by atoms with E-state index in [1.54, 1.807) is 0 Å². The predicted octanol–water partition coefficient (Wildman–Crippen LogP) is -0.138. The van der Waals surface area contributed by atoms with Crippen molar-refractivity contribution in [1.82, 2.24) is 0 Å². The number of carbonyl (C=O) groups is 1. The van der Waals surface area contributed by atoms with Crippen molar-refractivity contribution in [2.45, 2.75) is 25.4 Å². The lowest BCUT2D eigenvalue weighted by Gasteiger charge is -2.04. The van der Waals surface area contributed by atoms with E-state index in [0.29, 0.717) is 12.5 Å². The van der Waals surface area contributed by atoms with Gasteiger partial charge in [-0.1, -0.05) is 6.58 Å². The van der Waals surface area contributed by atoms with Crippen molar-refractivity contribution >= 4 is 5.97 Å². The van der Waals surface area contributed by atoms with Crippen molar-refractivity contribution < 1.29 is 14.6 Å². The van der Waals surface area contributed by atoms with Gasteiger partial charge < -0.3 is 14.6 Å². The lowest BCUT2D eigenvalue weighted by Crippen LogP contribution is -2.23. The molecule has 1 fully saturated rings. The summed E-state index contributed by atoms with van der Waals surface area (Å²) in [5.41, 5.74) is 0.186. The number of hydrogen-bond donors (Lipinski definition) is 0. The zero-order valence-electron chi connectivity index (χ0n) is 6.34. The topological polar surface area (TPSA) is 52.7 Å². The molecule has 0 aromatic heterocycles. The molecule has 1 heterocycles. The summed E-state index contributed by atoms with van der Waals surface area (Å²) in [6.07, 6.45) is 2.66. The van der Waals surface area contributed by atoms with Crippen molar-refractivity contribution in [3.05, 3.63) is 12.2 Å². The van der Waals surface area contributed by atoms with Crippen molar-refractivity contribution in [3.8, 4) is 0 Å². The van der Waals surface area contributed by atoms with Crippen molar-refractivity contribution in [2.24, 2.45) is 0 Å². The Morgan fingerprint density at radius 3 is 2.82 bits per heavy atom. The summed E-state index contributed by atoms with van der Waals surface area (Å²) in [7, 11) is 0. The van der Waals surface area contributed by atoms with Gasteiger partial charge in [-0.2, -0.15) is 0 Å². The van der Waals surface area contributed by atoms with Gasteiger partial charge in [-0.15, -0.1) is 0 Å². The van der Waals surface area contributed by atoms with E-state index >= 15 is 0 Å². The normalized spacial score (nSPS) is 21.3. The lowest BCUT2D eigenvalue weighted by atomic mass is 10.1. The summed E-state index contributed by atoms with van der Waals surface area (Å²) in [6, 6.07) is 0. The van der Waals surface area contributed by atoms with Crippen LogP contribution in [0.4, 0.5) is 0 Å². The Morgan fingerprint density at radius 2 is 2.36 bits per heavy atom. The number of rotatable bonds is 5. The third-order valence-electron chi connectivity index (χ3n) is 1.70. The highest BCUT2D eigenvalue weighted by Crippen LogP contribution is 2.17. The molecule has 0 aromatic carbocycles. The van der Waals surface area contributed by atoms with Crippen LogP contribution in [-0.4, -0.2) is 18.7 Å². The monoisotopic (exact) mass is 155 g/mol. The van der Waals surface area contributed by atoms with Crippen molar-refractivity contribution in [2.75, 3.05) is 6.61 Å². The average Bonchev–Trinajstić information content (AvgIpc) is 2.71. The molecule has 1 atom stereocenters. The molecular formula is C8H11O3-. The third-order valence-corrected chi connectivity index (χ3v) is 1.70. The summed E-state index contributed by atoms with van der Waals surface area (Å²) >= 11 is 0. The second-order valence-electron chi connectivity index (χ2n) is 2.74. The van der Waals surface area contributed by atoms with Crippen LogP contribution in [0.1, 0.15) is 19.3 Å². The first-order valence-corrected chi connectivity index (χ1v) is 3.71. The molecule has 1 aliphatic rings. The lowest BCUT2D eigenvalue weighted by molar-refractivity contribution is -0.299. The van der Waals surface area contributed by atoms with Crippen LogP contribution >= 0.6 is 0 Å². The van der Waals surface area contributed by atoms with Crippen LogP contribution in [0.2, 0.25) is 0 Å². The molecular weight excluding hydrogens is 144 g/mol. The van der Waals surface area contributed by atoms with Gasteiger partial charge in [-0.3, -0.25) is 0 Å². The Kier molecular flexibility index (Phi) is 2.65. The van der Waals surface area contributed by atoms with Crippen LogP contribution in [0.15, 0.2) is 12.2 Å². The van der Waals surface area contributed by atoms with E-state index in [4.69, 9.17) is 4.74 Å². The molecule has 62 valence electrons. The van der Waals surface area contributed by atoms with Gasteiger partial charge in [0.15, 0.2) is 0 Å². The van der Waals surface area contributed by atoms with Crippen LogP contribution in [0, 0.1) is 0 Å². The highest BCUT2D eigenvalue weighted by atomic mass is 16.6. The Hall–Kier alpha value is -0.830. The summed E-state index contributed by atoms with van der Waals surface area (Å²) in [5, 5.41) is 10.1. The highest BCUT2D eigenvalue weighted by Gasteiger charge is 2.21. The summed E-state index contributed by atoms with van der Waals surface area (Å²) in [4.78, 5) is 10.1. The molecule has 0 amide bonds. The SMILES string of the molecule is C=C(CCCC1CO1)C(=O)[O-]. The Balaban J connectivity index is 2.01. The molecule has 3 nitrogen and oxygen atoms in total. The number of carbonyl (C=O) groups excluding carboxylic acids is 1. The second kappa shape index (κ2) is 3.53. The number of aliphatic carboxylic acids is 1. The second-order valence-corrected chi connectivity index (χ2v) is 2.74. The van der Waals surface area contributed by atoms with Crippen LogP contribution in [0.25, 0.3) is 0 Å². The van der Waals surface area contributed by atoms with Gasteiger partial charge >= 0.3 is 0 Å². The van der Waals surface area contributed by atoms with E-state index in [1.165, 1.54) is 0 Å². The number of ether oxygens (including phenoxy) is 1. The Morgan fingerprint density at radius 1 is 1.73 bits per heavy atom. The molecule has 0 saturated carbocycles. The fraction of sp³-hybridized carbons (Fsp3) is 0.625. The number of carboxylic acids is 1. The smallest absolute Gasteiger partial charge is 0.0810 e. The predicted molar refractivity (Wildman–Crippen MR) is 37.7 cm³/mol. The molecule has 1 unspecified atom stereocenters. The Bertz CT molecular complexity index is 170. The third kappa shape index (κ3) is 3.18. The maximum Gasteiger partial charge on any atom is 0.0810 e. The fourth-order valence-electron chi connectivity index (χ4n) is 0.880. The van der Waals surface area contributed by atoms with E-state index in [9.17, 15) is 9.90 Å². The summed E-state index contributed by atoms with van der Waals surface area (Å²) in [5.74, 6) is -1.14. The standard InChI is InChI=1S/C8H12O3/c1-6(8(9)10)3-2-4-7-5-11-7/h7H,1-5H2,(H,9,10)/p-1. The zero-order chi connectivity index (χ0) is 8.27. The first-order chi connectivity index (χ1) is 5.20. The molecule has 11 heavy (non-hydrogen) atoms. The first kappa shape index (κ1) is 8.27. The van der Waals surface area contributed by atoms with Gasteiger partial charge in [0, 0.05) is 0 Å². The Labute approximate surface area is 65.7 Å². The molecule has 0 aromatic rings. The van der Waals surface area contributed by atoms with Crippen LogP contribution in [0.5, 0.6) is 0 Å². The van der Waals surface area contributed by atoms with Gasteiger partial charge in [0.05, 0.1) is 18.7 Å². The van der Waals surface area contributed by atoms with Gasteiger partial charge in [-0.25, -0.2) is 0 Å². The number of hydrogen-bond acceptors (Lipinski definition) is 3. The maximum atomic E-state index is 10.1. The van der Waals surface area contributed by atoms with Gasteiger partial charge in [-0.05, 0) is 24.8 Å². The minimum absolute atomic E-state index is 0.186. The first-order valence-electron chi connectivity index (χ1n) is 3.71. The molecule has 3 heteroatoms. The van der Waals surface area contributed by atoms with Gasteiger partial charge in [0.1, 0.15) is 0 Å². The molecule has 1 rings (SSSR count). The van der Waals surface area contributed by atoms with E-state index in [1.807, 2.05) is 0 Å². The minimum Gasteiger partial charge on any atom is -0.545 e. The van der Waals surface area contributed by atoms with Crippen molar-refractivity contribution in [3.63, 3.8) is 0 Å². The molecule has 0 N–H and O–H groups in total. The fourth-order valence-corrected chi connectivity index (χ4v) is 0.880. The van der Waals surface area contributed by atoms with E-state index < -0.39 is 5.97 Å². The molecule has 0 bridgehead atoms. The molecule has 1 aliphatic heterocycles. The van der Waals surface area contributed by atoms with E-state index in [0.717, 1.165) is 19.4 Å². The van der Waals surface area contributed by atoms with Gasteiger partial charge in [0.25, 0.3) is 0 Å². The van der Waals surface area contributed by atoms with Crippen LogP contribution in [0.3, 0.4) is 0 Å². The number of epoxide rings is 1. The molecule has 0 radical (unpaired) electrons. The molecule has 0 aliphatic carbocycles. The average molecular weight is 155 g/mol. The number of carboxylic acid groups (broad SMARTS) is 1. The quantitative estimate of drug-likeness (QED) is 0.410. The van der Waals surface area contributed by atoms with Crippen molar-refractivity contribution in [1.29, 1.82) is 0 Å². The van der Waals surface area contributed by atoms with Gasteiger partial charge in [0.2, 0.25) is 0 Å². The summed E-state index contributed by atoms with van der Waals surface area (Å²) in [6.45, 7) is 4.20. The minimum atomic E-state index is -1.14. The molecule has 1 saturated heterocycles. The van der Waals surface area contributed by atoms with E-state index in [-0.39, 0.29) is 5.57 Å².